The fraction of sp³-hybridized carbons (Fsp3) is 0.692. The topological polar surface area (TPSA) is 61.3 Å². The minimum atomic E-state index is 0.181. The third kappa shape index (κ3) is 2.41. The highest BCUT2D eigenvalue weighted by atomic mass is 16.3. The maximum absolute atomic E-state index is 9.38. The molecule has 5 heteroatoms. The Kier molecular flexibility index (Phi) is 3.07. The van der Waals surface area contributed by atoms with Gasteiger partial charge in [0.05, 0.1) is 12.6 Å². The van der Waals surface area contributed by atoms with Crippen LogP contribution in [0.3, 0.4) is 0 Å². The van der Waals surface area contributed by atoms with Crippen LogP contribution in [0.25, 0.3) is 0 Å². The van der Waals surface area contributed by atoms with Gasteiger partial charge >= 0.3 is 0 Å². The molecule has 0 radical (unpaired) electrons. The Hall–Kier alpha value is -1.36. The van der Waals surface area contributed by atoms with E-state index in [0.717, 1.165) is 36.8 Å². The highest BCUT2D eigenvalue weighted by molar-refractivity contribution is 5.46. The van der Waals surface area contributed by atoms with Crippen molar-refractivity contribution < 1.29 is 5.11 Å². The van der Waals surface area contributed by atoms with E-state index in [-0.39, 0.29) is 12.6 Å². The predicted molar refractivity (Wildman–Crippen MR) is 70.9 cm³/mol. The molecule has 2 fully saturated rings. The molecule has 1 saturated heterocycles. The van der Waals surface area contributed by atoms with Crippen LogP contribution in [0.2, 0.25) is 0 Å². The maximum Gasteiger partial charge on any atom is 0.227 e. The number of anilines is 2. The summed E-state index contributed by atoms with van der Waals surface area (Å²) in [6.45, 7) is 3.12. The SMILES string of the molecule is Cc1cc(NC2CC2)nc(N2CCCC2CO)n1. The summed E-state index contributed by atoms with van der Waals surface area (Å²) in [5.74, 6) is 1.68. The van der Waals surface area contributed by atoms with E-state index < -0.39 is 0 Å². The molecular formula is C13H20N4O. The highest BCUT2D eigenvalue weighted by Crippen LogP contribution is 2.27. The second-order valence-electron chi connectivity index (χ2n) is 5.29. The molecule has 2 N–H and O–H groups in total. The molecule has 98 valence electrons. The Morgan fingerprint density at radius 1 is 1.39 bits per heavy atom. The normalized spacial score (nSPS) is 23.4. The van der Waals surface area contributed by atoms with Gasteiger partial charge in [0.25, 0.3) is 0 Å². The molecule has 1 unspecified atom stereocenters. The first-order valence-corrected chi connectivity index (χ1v) is 6.76. The smallest absolute Gasteiger partial charge is 0.227 e. The summed E-state index contributed by atoms with van der Waals surface area (Å²) in [5, 5.41) is 12.8. The van der Waals surface area contributed by atoms with Crippen LogP contribution < -0.4 is 10.2 Å². The van der Waals surface area contributed by atoms with Crippen molar-refractivity contribution in [3.05, 3.63) is 11.8 Å². The molecule has 1 aliphatic heterocycles. The lowest BCUT2D eigenvalue weighted by molar-refractivity contribution is 0.265. The molecule has 0 aromatic carbocycles. The van der Waals surface area contributed by atoms with Crippen molar-refractivity contribution in [3.63, 3.8) is 0 Å². The first-order valence-electron chi connectivity index (χ1n) is 6.76. The fourth-order valence-electron chi connectivity index (χ4n) is 2.48. The third-order valence-electron chi connectivity index (χ3n) is 3.62. The molecule has 1 atom stereocenters. The number of aryl methyl sites for hydroxylation is 1. The fourth-order valence-corrected chi connectivity index (χ4v) is 2.48. The Balaban J connectivity index is 1.83. The number of nitrogens with zero attached hydrogens (tertiary/aromatic N) is 3. The predicted octanol–water partition coefficient (Wildman–Crippen LogP) is 1.32. The minimum Gasteiger partial charge on any atom is -0.394 e. The summed E-state index contributed by atoms with van der Waals surface area (Å²) < 4.78 is 0. The molecule has 0 amide bonds. The lowest BCUT2D eigenvalue weighted by Crippen LogP contribution is -2.33. The van der Waals surface area contributed by atoms with E-state index in [0.29, 0.717) is 6.04 Å². The zero-order valence-electron chi connectivity index (χ0n) is 10.8. The number of nitrogens with one attached hydrogen (secondary N) is 1. The first-order chi connectivity index (χ1) is 8.76. The number of aromatic nitrogens is 2. The number of aliphatic hydroxyl groups excluding tert-OH is 1. The summed E-state index contributed by atoms with van der Waals surface area (Å²) in [6.07, 6.45) is 4.61. The number of hydrogen-bond donors (Lipinski definition) is 2. The van der Waals surface area contributed by atoms with Crippen LogP contribution >= 0.6 is 0 Å². The van der Waals surface area contributed by atoms with Crippen molar-refractivity contribution in [1.82, 2.24) is 9.97 Å². The van der Waals surface area contributed by atoms with Gasteiger partial charge in [0.2, 0.25) is 5.95 Å². The van der Waals surface area contributed by atoms with Gasteiger partial charge in [-0.25, -0.2) is 4.98 Å². The minimum absolute atomic E-state index is 0.181. The third-order valence-corrected chi connectivity index (χ3v) is 3.62. The lowest BCUT2D eigenvalue weighted by Gasteiger charge is -2.23. The molecule has 18 heavy (non-hydrogen) atoms. The van der Waals surface area contributed by atoms with Gasteiger partial charge in [-0.05, 0) is 32.6 Å². The lowest BCUT2D eigenvalue weighted by atomic mass is 10.2. The summed E-state index contributed by atoms with van der Waals surface area (Å²) in [6, 6.07) is 2.77. The van der Waals surface area contributed by atoms with E-state index >= 15 is 0 Å². The highest BCUT2D eigenvalue weighted by Gasteiger charge is 2.27. The van der Waals surface area contributed by atoms with Crippen LogP contribution in [-0.4, -0.2) is 40.3 Å². The van der Waals surface area contributed by atoms with E-state index in [4.69, 9.17) is 0 Å². The van der Waals surface area contributed by atoms with Crippen LogP contribution in [0.1, 0.15) is 31.4 Å². The molecule has 1 aliphatic carbocycles. The average Bonchev–Trinajstić information content (AvgIpc) is 3.03. The van der Waals surface area contributed by atoms with Gasteiger partial charge in [-0.3, -0.25) is 0 Å². The van der Waals surface area contributed by atoms with Crippen LogP contribution in [0.4, 0.5) is 11.8 Å². The average molecular weight is 248 g/mol. The molecule has 0 bridgehead atoms. The summed E-state index contributed by atoms with van der Waals surface area (Å²) in [5.41, 5.74) is 0.978. The molecular weight excluding hydrogens is 228 g/mol. The van der Waals surface area contributed by atoms with Crippen molar-refractivity contribution in [2.75, 3.05) is 23.4 Å². The van der Waals surface area contributed by atoms with Crippen molar-refractivity contribution >= 4 is 11.8 Å². The van der Waals surface area contributed by atoms with Crippen molar-refractivity contribution in [3.8, 4) is 0 Å². The standard InChI is InChI=1S/C13H20N4O/c1-9-7-12(15-10-4-5-10)16-13(14-9)17-6-2-3-11(17)8-18/h7,10-11,18H,2-6,8H2,1H3,(H,14,15,16). The molecule has 1 saturated carbocycles. The second-order valence-corrected chi connectivity index (χ2v) is 5.29. The Morgan fingerprint density at radius 3 is 2.94 bits per heavy atom. The number of rotatable bonds is 4. The number of hydrogen-bond acceptors (Lipinski definition) is 5. The van der Waals surface area contributed by atoms with Gasteiger partial charge in [0.1, 0.15) is 5.82 Å². The summed E-state index contributed by atoms with van der Waals surface area (Å²) in [4.78, 5) is 11.2. The Morgan fingerprint density at radius 2 is 2.22 bits per heavy atom. The van der Waals surface area contributed by atoms with Gasteiger partial charge in [-0.15, -0.1) is 0 Å². The summed E-state index contributed by atoms with van der Waals surface area (Å²) >= 11 is 0. The van der Waals surface area contributed by atoms with Crippen LogP contribution in [0.5, 0.6) is 0 Å². The van der Waals surface area contributed by atoms with Gasteiger partial charge < -0.3 is 15.3 Å². The van der Waals surface area contributed by atoms with Crippen LogP contribution in [0, 0.1) is 6.92 Å². The van der Waals surface area contributed by atoms with Crippen LogP contribution in [0.15, 0.2) is 6.07 Å². The Bertz CT molecular complexity index is 433. The van der Waals surface area contributed by atoms with Gasteiger partial charge in [-0.2, -0.15) is 4.98 Å². The van der Waals surface area contributed by atoms with E-state index in [1.54, 1.807) is 0 Å². The van der Waals surface area contributed by atoms with E-state index in [1.165, 1.54) is 12.8 Å². The van der Waals surface area contributed by atoms with Gasteiger partial charge in [0.15, 0.2) is 0 Å². The zero-order chi connectivity index (χ0) is 12.5. The monoisotopic (exact) mass is 248 g/mol. The quantitative estimate of drug-likeness (QED) is 0.841. The first kappa shape index (κ1) is 11.7. The van der Waals surface area contributed by atoms with E-state index in [9.17, 15) is 5.11 Å². The zero-order valence-corrected chi connectivity index (χ0v) is 10.8. The number of aliphatic hydroxyl groups is 1. The summed E-state index contributed by atoms with van der Waals surface area (Å²) in [7, 11) is 0. The van der Waals surface area contributed by atoms with E-state index in [2.05, 4.69) is 20.2 Å². The molecule has 2 heterocycles. The molecule has 1 aromatic rings. The Labute approximate surface area is 107 Å². The second kappa shape index (κ2) is 4.72. The van der Waals surface area contributed by atoms with Crippen LogP contribution in [-0.2, 0) is 0 Å². The van der Waals surface area contributed by atoms with Gasteiger partial charge in [0, 0.05) is 24.3 Å². The molecule has 3 rings (SSSR count). The van der Waals surface area contributed by atoms with E-state index in [1.807, 2.05) is 13.0 Å². The molecule has 5 nitrogen and oxygen atoms in total. The molecule has 2 aliphatic rings. The van der Waals surface area contributed by atoms with Gasteiger partial charge in [-0.1, -0.05) is 0 Å². The maximum atomic E-state index is 9.38. The van der Waals surface area contributed by atoms with Crippen molar-refractivity contribution in [2.24, 2.45) is 0 Å². The molecule has 0 spiro atoms. The van der Waals surface area contributed by atoms with Crippen molar-refractivity contribution in [2.45, 2.75) is 44.7 Å². The molecule has 1 aromatic heterocycles. The van der Waals surface area contributed by atoms with Crippen molar-refractivity contribution in [1.29, 1.82) is 0 Å². The largest absolute Gasteiger partial charge is 0.394 e.